The lowest BCUT2D eigenvalue weighted by molar-refractivity contribution is -0.136. The quantitative estimate of drug-likeness (QED) is 0.666. The molecule has 1 fully saturated rings. The average Bonchev–Trinajstić information content (AvgIpc) is 2.36. The van der Waals surface area contributed by atoms with Crippen LogP contribution < -0.4 is 16.4 Å². The number of rotatable bonds is 6. The molecule has 0 aromatic heterocycles. The molecule has 0 aromatic carbocycles. The van der Waals surface area contributed by atoms with Gasteiger partial charge in [0.05, 0.1) is 5.41 Å². The molecule has 1 aliphatic heterocycles. The molecule has 0 radical (unpaired) electrons. The summed E-state index contributed by atoms with van der Waals surface area (Å²) in [7, 11) is 0. The maximum atomic E-state index is 12.6. The minimum Gasteiger partial charge on any atom is -0.368 e. The normalized spacial score (nSPS) is 25.1. The van der Waals surface area contributed by atoms with Crippen LogP contribution >= 0.6 is 0 Å². The molecule has 2 atom stereocenters. The van der Waals surface area contributed by atoms with Gasteiger partial charge in [-0.2, -0.15) is 0 Å². The molecule has 5 nitrogen and oxygen atoms in total. The van der Waals surface area contributed by atoms with Crippen LogP contribution in [0.2, 0.25) is 0 Å². The van der Waals surface area contributed by atoms with Crippen molar-refractivity contribution in [2.75, 3.05) is 13.1 Å². The Kier molecular flexibility index (Phi) is 5.79. The van der Waals surface area contributed by atoms with Gasteiger partial charge in [0.1, 0.15) is 6.04 Å². The van der Waals surface area contributed by atoms with E-state index >= 15 is 0 Å². The van der Waals surface area contributed by atoms with Crippen molar-refractivity contribution in [3.63, 3.8) is 0 Å². The molecule has 0 bridgehead atoms. The Morgan fingerprint density at radius 2 is 2.11 bits per heavy atom. The Hall–Kier alpha value is -1.10. The van der Waals surface area contributed by atoms with Gasteiger partial charge >= 0.3 is 0 Å². The van der Waals surface area contributed by atoms with E-state index in [1.165, 1.54) is 0 Å². The van der Waals surface area contributed by atoms with E-state index in [9.17, 15) is 9.59 Å². The van der Waals surface area contributed by atoms with Crippen LogP contribution in [0.3, 0.4) is 0 Å². The molecule has 19 heavy (non-hydrogen) atoms. The third-order valence-electron chi connectivity index (χ3n) is 3.94. The monoisotopic (exact) mass is 269 g/mol. The number of nitrogens with one attached hydrogen (secondary N) is 2. The van der Waals surface area contributed by atoms with E-state index in [4.69, 9.17) is 5.73 Å². The number of carbonyl (C=O) groups excluding carboxylic acids is 2. The van der Waals surface area contributed by atoms with Crippen LogP contribution in [0.1, 0.15) is 46.5 Å². The van der Waals surface area contributed by atoms with Crippen LogP contribution in [0, 0.1) is 11.3 Å². The standard InChI is InChI=1S/C14H27N3O2/c1-4-6-14(7-5-8-16-9-14)13(19)17-11(10(2)3)12(15)18/h10-11,16H,4-9H2,1-3H3,(H2,15,18)(H,17,19). The fraction of sp³-hybridized carbons (Fsp3) is 0.857. The maximum absolute atomic E-state index is 12.6. The Morgan fingerprint density at radius 1 is 1.42 bits per heavy atom. The van der Waals surface area contributed by atoms with Crippen LogP contribution in [-0.4, -0.2) is 30.9 Å². The molecule has 1 rings (SSSR count). The highest BCUT2D eigenvalue weighted by atomic mass is 16.2. The van der Waals surface area contributed by atoms with E-state index in [1.807, 2.05) is 13.8 Å². The molecule has 1 heterocycles. The first-order chi connectivity index (χ1) is 8.93. The summed E-state index contributed by atoms with van der Waals surface area (Å²) in [5.41, 5.74) is 4.98. The van der Waals surface area contributed by atoms with Crippen molar-refractivity contribution >= 4 is 11.8 Å². The summed E-state index contributed by atoms with van der Waals surface area (Å²) in [4.78, 5) is 24.0. The highest BCUT2D eigenvalue weighted by molar-refractivity contribution is 5.89. The SMILES string of the molecule is CCCC1(C(=O)NC(C(N)=O)C(C)C)CCCNC1. The van der Waals surface area contributed by atoms with Crippen molar-refractivity contribution < 1.29 is 9.59 Å². The maximum Gasteiger partial charge on any atom is 0.240 e. The first-order valence-electron chi connectivity index (χ1n) is 7.24. The second-order valence-electron chi connectivity index (χ2n) is 5.91. The lowest BCUT2D eigenvalue weighted by Gasteiger charge is -2.37. The van der Waals surface area contributed by atoms with Crippen molar-refractivity contribution in [3.05, 3.63) is 0 Å². The Morgan fingerprint density at radius 3 is 2.53 bits per heavy atom. The first-order valence-corrected chi connectivity index (χ1v) is 7.24. The molecular formula is C14H27N3O2. The van der Waals surface area contributed by atoms with Gasteiger partial charge in [0.25, 0.3) is 0 Å². The Labute approximate surface area is 115 Å². The fourth-order valence-corrected chi connectivity index (χ4v) is 2.83. The fourth-order valence-electron chi connectivity index (χ4n) is 2.83. The minimum absolute atomic E-state index is 0.0108. The molecule has 2 unspecified atom stereocenters. The molecule has 0 spiro atoms. The lowest BCUT2D eigenvalue weighted by atomic mass is 9.76. The van der Waals surface area contributed by atoms with Gasteiger partial charge in [-0.3, -0.25) is 9.59 Å². The predicted molar refractivity (Wildman–Crippen MR) is 75.4 cm³/mol. The van der Waals surface area contributed by atoms with Gasteiger partial charge < -0.3 is 16.4 Å². The second-order valence-corrected chi connectivity index (χ2v) is 5.91. The topological polar surface area (TPSA) is 84.2 Å². The van der Waals surface area contributed by atoms with Crippen molar-refractivity contribution in [2.24, 2.45) is 17.1 Å². The highest BCUT2D eigenvalue weighted by Gasteiger charge is 2.40. The summed E-state index contributed by atoms with van der Waals surface area (Å²) in [6, 6.07) is -0.580. The number of piperidine rings is 1. The number of hydrogen-bond donors (Lipinski definition) is 3. The zero-order valence-electron chi connectivity index (χ0n) is 12.3. The molecule has 2 amide bonds. The van der Waals surface area contributed by atoms with Crippen molar-refractivity contribution in [2.45, 2.75) is 52.5 Å². The second kappa shape index (κ2) is 6.89. The highest BCUT2D eigenvalue weighted by Crippen LogP contribution is 2.32. The van der Waals surface area contributed by atoms with E-state index in [0.717, 1.165) is 32.2 Å². The zero-order valence-corrected chi connectivity index (χ0v) is 12.3. The van der Waals surface area contributed by atoms with E-state index in [0.29, 0.717) is 6.54 Å². The van der Waals surface area contributed by atoms with E-state index in [1.54, 1.807) is 0 Å². The number of amides is 2. The summed E-state index contributed by atoms with van der Waals surface area (Å²) < 4.78 is 0. The Balaban J connectivity index is 2.79. The summed E-state index contributed by atoms with van der Waals surface area (Å²) in [6.45, 7) is 7.51. The number of hydrogen-bond acceptors (Lipinski definition) is 3. The minimum atomic E-state index is -0.580. The molecule has 4 N–H and O–H groups in total. The number of nitrogens with two attached hydrogens (primary N) is 1. The van der Waals surface area contributed by atoms with Crippen LogP contribution in [-0.2, 0) is 9.59 Å². The third kappa shape index (κ3) is 3.93. The van der Waals surface area contributed by atoms with Gasteiger partial charge in [-0.1, -0.05) is 27.2 Å². The summed E-state index contributed by atoms with van der Waals surface area (Å²) in [5.74, 6) is -0.477. The number of primary amides is 1. The van der Waals surface area contributed by atoms with Crippen molar-refractivity contribution in [3.8, 4) is 0 Å². The van der Waals surface area contributed by atoms with Crippen LogP contribution in [0.25, 0.3) is 0 Å². The molecular weight excluding hydrogens is 242 g/mol. The summed E-state index contributed by atoms with van der Waals surface area (Å²) in [5, 5.41) is 6.15. The molecule has 0 aromatic rings. The number of carbonyl (C=O) groups is 2. The predicted octanol–water partition coefficient (Wildman–Crippen LogP) is 0.782. The summed E-state index contributed by atoms with van der Waals surface area (Å²) in [6.07, 6.45) is 3.67. The van der Waals surface area contributed by atoms with Crippen molar-refractivity contribution in [1.82, 2.24) is 10.6 Å². The van der Waals surface area contributed by atoms with Gasteiger partial charge in [-0.25, -0.2) is 0 Å². The lowest BCUT2D eigenvalue weighted by Crippen LogP contribution is -2.56. The van der Waals surface area contributed by atoms with Gasteiger partial charge in [0.2, 0.25) is 11.8 Å². The molecule has 110 valence electrons. The van der Waals surface area contributed by atoms with Crippen LogP contribution in [0.4, 0.5) is 0 Å². The third-order valence-corrected chi connectivity index (χ3v) is 3.94. The molecule has 1 saturated heterocycles. The molecule has 1 aliphatic rings. The largest absolute Gasteiger partial charge is 0.368 e. The average molecular weight is 269 g/mol. The van der Waals surface area contributed by atoms with Gasteiger partial charge in [0.15, 0.2) is 0 Å². The molecule has 5 heteroatoms. The van der Waals surface area contributed by atoms with E-state index in [-0.39, 0.29) is 17.2 Å². The zero-order chi connectivity index (χ0) is 14.5. The van der Waals surface area contributed by atoms with Crippen molar-refractivity contribution in [1.29, 1.82) is 0 Å². The Bertz CT molecular complexity index is 317. The van der Waals surface area contributed by atoms with Crippen LogP contribution in [0.15, 0.2) is 0 Å². The molecule has 0 saturated carbocycles. The first kappa shape index (κ1) is 16.0. The van der Waals surface area contributed by atoms with Gasteiger partial charge in [0, 0.05) is 6.54 Å². The van der Waals surface area contributed by atoms with E-state index < -0.39 is 11.9 Å². The van der Waals surface area contributed by atoms with E-state index in [2.05, 4.69) is 17.6 Å². The molecule has 0 aliphatic carbocycles. The van der Waals surface area contributed by atoms with Gasteiger partial charge in [-0.05, 0) is 31.7 Å². The van der Waals surface area contributed by atoms with Crippen LogP contribution in [0.5, 0.6) is 0 Å². The van der Waals surface area contributed by atoms with Gasteiger partial charge in [-0.15, -0.1) is 0 Å². The summed E-state index contributed by atoms with van der Waals surface area (Å²) >= 11 is 0. The smallest absolute Gasteiger partial charge is 0.240 e.